The number of fused-ring (bicyclic) bond motifs is 3. The summed E-state index contributed by atoms with van der Waals surface area (Å²) in [7, 11) is 1.67. The maximum atomic E-state index is 16.8. The van der Waals surface area contributed by atoms with Crippen LogP contribution in [0.3, 0.4) is 0 Å². The highest BCUT2D eigenvalue weighted by molar-refractivity contribution is 6.03. The maximum absolute atomic E-state index is 16.8. The second kappa shape index (κ2) is 11.5. The Balaban J connectivity index is 1.40. The van der Waals surface area contributed by atoms with Gasteiger partial charge in [0.05, 0.1) is 29.1 Å². The van der Waals surface area contributed by atoms with E-state index in [1.54, 1.807) is 13.3 Å². The van der Waals surface area contributed by atoms with Gasteiger partial charge in [0.25, 0.3) is 0 Å². The summed E-state index contributed by atoms with van der Waals surface area (Å²) in [6.07, 6.45) is 14.5. The highest BCUT2D eigenvalue weighted by Gasteiger charge is 2.45. The van der Waals surface area contributed by atoms with Gasteiger partial charge in [-0.1, -0.05) is 12.0 Å². The number of benzene rings is 2. The Labute approximate surface area is 255 Å². The molecule has 2 aromatic heterocycles. The first-order valence-corrected chi connectivity index (χ1v) is 15.3. The molecule has 1 atom stereocenters. The molecule has 0 spiro atoms. The SMILES string of the molecule is C#Cc1c(F)ccc2cc(O)cc(-c3ncc4c(N5CCCCC5COC)nc(OCC56CCCN5CCC6)nc4c3F)c12. The van der Waals surface area contributed by atoms with E-state index >= 15 is 4.39 Å². The Morgan fingerprint density at radius 1 is 1.09 bits per heavy atom. The van der Waals surface area contributed by atoms with Crippen LogP contribution in [-0.4, -0.2) is 76.5 Å². The van der Waals surface area contributed by atoms with E-state index in [1.165, 1.54) is 24.3 Å². The smallest absolute Gasteiger partial charge is 0.319 e. The summed E-state index contributed by atoms with van der Waals surface area (Å²) < 4.78 is 43.5. The summed E-state index contributed by atoms with van der Waals surface area (Å²) in [5, 5.41) is 11.7. The minimum atomic E-state index is -0.725. The van der Waals surface area contributed by atoms with Crippen LogP contribution in [0.25, 0.3) is 32.9 Å². The molecule has 0 aliphatic carbocycles. The van der Waals surface area contributed by atoms with E-state index in [4.69, 9.17) is 20.9 Å². The average Bonchev–Trinajstić information content (AvgIpc) is 3.61. The minimum absolute atomic E-state index is 0.0288. The average molecular weight is 600 g/mol. The third-order valence-corrected chi connectivity index (χ3v) is 9.63. The predicted molar refractivity (Wildman–Crippen MR) is 165 cm³/mol. The van der Waals surface area contributed by atoms with Crippen molar-refractivity contribution in [3.63, 3.8) is 0 Å². The number of methoxy groups -OCH3 is 1. The van der Waals surface area contributed by atoms with Gasteiger partial charge in [0.15, 0.2) is 5.82 Å². The van der Waals surface area contributed by atoms with Gasteiger partial charge in [-0.15, -0.1) is 6.42 Å². The lowest BCUT2D eigenvalue weighted by Gasteiger charge is -2.37. The minimum Gasteiger partial charge on any atom is -0.508 e. The molecular formula is C34H35F2N5O3. The van der Waals surface area contributed by atoms with Crippen LogP contribution in [0.4, 0.5) is 14.6 Å². The molecule has 10 heteroatoms. The topological polar surface area (TPSA) is 83.8 Å². The van der Waals surface area contributed by atoms with Crippen LogP contribution in [0.15, 0.2) is 30.5 Å². The Bertz CT molecular complexity index is 1780. The molecule has 3 aliphatic heterocycles. The number of hydrogen-bond acceptors (Lipinski definition) is 8. The number of phenolic OH excluding ortho intramolecular Hbond substituents is 1. The largest absolute Gasteiger partial charge is 0.508 e. The number of aromatic hydroxyl groups is 1. The van der Waals surface area contributed by atoms with Crippen molar-refractivity contribution in [3.8, 4) is 35.4 Å². The van der Waals surface area contributed by atoms with Crippen molar-refractivity contribution in [1.29, 1.82) is 0 Å². The number of phenols is 1. The van der Waals surface area contributed by atoms with Crippen LogP contribution < -0.4 is 9.64 Å². The van der Waals surface area contributed by atoms with Crippen LogP contribution in [-0.2, 0) is 4.74 Å². The van der Waals surface area contributed by atoms with Crippen molar-refractivity contribution < 1.29 is 23.4 Å². The second-order valence-corrected chi connectivity index (χ2v) is 12.2. The lowest BCUT2D eigenvalue weighted by Crippen LogP contribution is -2.44. The van der Waals surface area contributed by atoms with Gasteiger partial charge in [0, 0.05) is 30.8 Å². The molecule has 3 saturated heterocycles. The number of terminal acetylenes is 1. The summed E-state index contributed by atoms with van der Waals surface area (Å²) >= 11 is 0. The number of hydrogen-bond donors (Lipinski definition) is 1. The summed E-state index contributed by atoms with van der Waals surface area (Å²) in [5.74, 6) is 1.48. The van der Waals surface area contributed by atoms with E-state index in [1.807, 2.05) is 0 Å². The second-order valence-electron chi connectivity index (χ2n) is 12.2. The van der Waals surface area contributed by atoms with Gasteiger partial charge in [0.1, 0.15) is 35.2 Å². The first-order valence-electron chi connectivity index (χ1n) is 15.3. The normalized spacial score (nSPS) is 19.9. The Kier molecular flexibility index (Phi) is 7.47. The number of anilines is 1. The molecule has 0 saturated carbocycles. The molecule has 2 aromatic carbocycles. The summed E-state index contributed by atoms with van der Waals surface area (Å²) in [6, 6.07) is 5.71. The Morgan fingerprint density at radius 2 is 1.91 bits per heavy atom. The van der Waals surface area contributed by atoms with E-state index < -0.39 is 11.6 Å². The fourth-order valence-corrected chi connectivity index (χ4v) is 7.55. The van der Waals surface area contributed by atoms with Crippen LogP contribution in [0, 0.1) is 24.0 Å². The van der Waals surface area contributed by atoms with Gasteiger partial charge in [-0.2, -0.15) is 9.97 Å². The first kappa shape index (κ1) is 28.7. The fraction of sp³-hybridized carbons (Fsp3) is 0.441. The summed E-state index contributed by atoms with van der Waals surface area (Å²) in [5.41, 5.74) is 0.0500. The molecule has 7 rings (SSSR count). The maximum Gasteiger partial charge on any atom is 0.319 e. The summed E-state index contributed by atoms with van der Waals surface area (Å²) in [4.78, 5) is 18.7. The van der Waals surface area contributed by atoms with Crippen molar-refractivity contribution in [2.24, 2.45) is 0 Å². The number of halogens is 2. The lowest BCUT2D eigenvalue weighted by molar-refractivity contribution is 0.107. The molecule has 228 valence electrons. The third-order valence-electron chi connectivity index (χ3n) is 9.63. The molecule has 5 heterocycles. The Hall–Kier alpha value is -4.07. The number of pyridine rings is 1. The van der Waals surface area contributed by atoms with Crippen LogP contribution in [0.1, 0.15) is 50.5 Å². The zero-order valence-corrected chi connectivity index (χ0v) is 24.8. The van der Waals surface area contributed by atoms with E-state index in [-0.39, 0.29) is 45.7 Å². The van der Waals surface area contributed by atoms with Crippen LogP contribution in [0.5, 0.6) is 11.8 Å². The lowest BCUT2D eigenvalue weighted by atomic mass is 9.95. The van der Waals surface area contributed by atoms with Crippen molar-refractivity contribution >= 4 is 27.5 Å². The van der Waals surface area contributed by atoms with Crippen LogP contribution in [0.2, 0.25) is 0 Å². The van der Waals surface area contributed by atoms with Gasteiger partial charge in [-0.05, 0) is 81.6 Å². The number of nitrogens with zero attached hydrogens (tertiary/aromatic N) is 5. The third kappa shape index (κ3) is 4.79. The van der Waals surface area contributed by atoms with Gasteiger partial charge in [-0.25, -0.2) is 8.78 Å². The van der Waals surface area contributed by atoms with Gasteiger partial charge < -0.3 is 19.5 Å². The number of rotatable bonds is 7. The van der Waals surface area contributed by atoms with E-state index in [9.17, 15) is 9.50 Å². The van der Waals surface area contributed by atoms with Crippen molar-refractivity contribution in [2.45, 2.75) is 56.5 Å². The molecule has 1 N–H and O–H groups in total. The Morgan fingerprint density at radius 3 is 2.68 bits per heavy atom. The predicted octanol–water partition coefficient (Wildman–Crippen LogP) is 5.82. The zero-order chi connectivity index (χ0) is 30.4. The van der Waals surface area contributed by atoms with Crippen molar-refractivity contribution in [3.05, 3.63) is 47.7 Å². The molecule has 0 bridgehead atoms. The zero-order valence-electron chi connectivity index (χ0n) is 24.8. The monoisotopic (exact) mass is 599 g/mol. The highest BCUT2D eigenvalue weighted by Crippen LogP contribution is 2.41. The van der Waals surface area contributed by atoms with Crippen LogP contribution >= 0.6 is 0 Å². The van der Waals surface area contributed by atoms with Gasteiger partial charge in [-0.3, -0.25) is 9.88 Å². The standard InChI is InChI=1S/C34H35F2N5O3/c1-3-24-27(35)10-9-21-16-23(42)17-25(28(21)24)30-29(36)31-26(18-37-30)32(41-15-5-4-8-22(41)19-43-2)39-33(38-31)44-20-34-11-6-13-40(34)14-7-12-34/h1,9-10,16-18,22,42H,4-8,11-15,19-20H2,2H3. The molecular weight excluding hydrogens is 564 g/mol. The molecule has 8 nitrogen and oxygen atoms in total. The highest BCUT2D eigenvalue weighted by atomic mass is 19.1. The molecule has 1 unspecified atom stereocenters. The summed E-state index contributed by atoms with van der Waals surface area (Å²) in [6.45, 7) is 3.77. The molecule has 0 radical (unpaired) electrons. The molecule has 44 heavy (non-hydrogen) atoms. The number of aromatic nitrogens is 3. The van der Waals surface area contributed by atoms with E-state index in [0.717, 1.165) is 64.6 Å². The first-order chi connectivity index (χ1) is 21.4. The number of piperidine rings is 1. The molecule has 0 amide bonds. The van der Waals surface area contributed by atoms with Crippen molar-refractivity contribution in [1.82, 2.24) is 19.9 Å². The fourth-order valence-electron chi connectivity index (χ4n) is 7.55. The number of ether oxygens (including phenoxy) is 2. The quantitative estimate of drug-likeness (QED) is 0.266. The van der Waals surface area contributed by atoms with Gasteiger partial charge in [0.2, 0.25) is 0 Å². The molecule has 4 aromatic rings. The van der Waals surface area contributed by atoms with Gasteiger partial charge >= 0.3 is 6.01 Å². The van der Waals surface area contributed by atoms with Crippen molar-refractivity contribution in [2.75, 3.05) is 44.9 Å². The molecule has 3 aliphatic rings. The van der Waals surface area contributed by atoms with E-state index in [0.29, 0.717) is 35.2 Å². The van der Waals surface area contributed by atoms with E-state index in [2.05, 4.69) is 25.7 Å². The molecule has 3 fully saturated rings.